The second-order valence-corrected chi connectivity index (χ2v) is 6.08. The van der Waals surface area contributed by atoms with Crippen molar-refractivity contribution in [1.82, 2.24) is 15.5 Å². The van der Waals surface area contributed by atoms with Gasteiger partial charge in [-0.3, -0.25) is 9.69 Å². The van der Waals surface area contributed by atoms with Crippen LogP contribution in [0.4, 0.5) is 0 Å². The monoisotopic (exact) mass is 325 g/mol. The minimum Gasteiger partial charge on any atom is -0.348 e. The number of nitrogens with zero attached hydrogens (tertiary/aromatic N) is 1. The Kier molecular flexibility index (Phi) is 8.46. The van der Waals surface area contributed by atoms with Crippen LogP contribution in [0.3, 0.4) is 0 Å². The number of carbonyl (C=O) groups is 1. The van der Waals surface area contributed by atoms with Gasteiger partial charge in [-0.1, -0.05) is 44.2 Å². The van der Waals surface area contributed by atoms with E-state index in [0.29, 0.717) is 12.5 Å². The third-order valence-electron chi connectivity index (χ3n) is 3.94. The first kappa shape index (κ1) is 18.9. The van der Waals surface area contributed by atoms with Crippen molar-refractivity contribution in [2.24, 2.45) is 5.92 Å². The van der Waals surface area contributed by atoms with Crippen molar-refractivity contribution in [1.29, 1.82) is 0 Å². The highest BCUT2D eigenvalue weighted by Gasteiger charge is 2.20. The highest BCUT2D eigenvalue weighted by Crippen LogP contribution is 2.21. The van der Waals surface area contributed by atoms with Crippen LogP contribution in [0.25, 0.3) is 0 Å². The largest absolute Gasteiger partial charge is 0.348 e. The molecule has 22 heavy (non-hydrogen) atoms. The molecule has 0 saturated carbocycles. The highest BCUT2D eigenvalue weighted by molar-refractivity contribution is 5.85. The van der Waals surface area contributed by atoms with Gasteiger partial charge in [0.25, 0.3) is 0 Å². The summed E-state index contributed by atoms with van der Waals surface area (Å²) >= 11 is 0. The van der Waals surface area contributed by atoms with Crippen LogP contribution in [0, 0.1) is 5.92 Å². The van der Waals surface area contributed by atoms with Crippen LogP contribution in [0.1, 0.15) is 31.9 Å². The topological polar surface area (TPSA) is 44.4 Å². The first-order valence-electron chi connectivity index (χ1n) is 7.94. The summed E-state index contributed by atoms with van der Waals surface area (Å²) in [5, 5.41) is 6.56. The molecule has 0 radical (unpaired) electrons. The standard InChI is InChI=1S/C17H27N3O.ClH/c1-14(2)17(15-7-4-3-5-8-15)19-16(21)13-20-11-6-9-18-10-12-20;/h3-5,7-8,14,17-18H,6,9-13H2,1-2H3,(H,19,21);1H. The fourth-order valence-corrected chi connectivity index (χ4v) is 2.78. The molecular weight excluding hydrogens is 298 g/mol. The molecule has 1 atom stereocenters. The minimum atomic E-state index is 0. The molecule has 1 fully saturated rings. The Morgan fingerprint density at radius 2 is 1.95 bits per heavy atom. The van der Waals surface area contributed by atoms with Gasteiger partial charge in [0.15, 0.2) is 0 Å². The quantitative estimate of drug-likeness (QED) is 0.872. The number of amides is 1. The molecule has 1 unspecified atom stereocenters. The SMILES string of the molecule is CC(C)C(NC(=O)CN1CCCNCC1)c1ccccc1.Cl. The lowest BCUT2D eigenvalue weighted by atomic mass is 9.96. The summed E-state index contributed by atoms with van der Waals surface area (Å²) in [4.78, 5) is 14.6. The molecule has 1 aromatic carbocycles. The van der Waals surface area contributed by atoms with E-state index in [1.165, 1.54) is 5.56 Å². The lowest BCUT2D eigenvalue weighted by Crippen LogP contribution is -2.41. The number of hydrogen-bond donors (Lipinski definition) is 2. The average Bonchev–Trinajstić information content (AvgIpc) is 2.74. The molecule has 0 aromatic heterocycles. The number of nitrogens with one attached hydrogen (secondary N) is 2. The number of benzene rings is 1. The fraction of sp³-hybridized carbons (Fsp3) is 0.588. The molecule has 2 rings (SSSR count). The van der Waals surface area contributed by atoms with E-state index in [0.717, 1.165) is 32.6 Å². The van der Waals surface area contributed by atoms with Gasteiger partial charge in [0.05, 0.1) is 12.6 Å². The fourth-order valence-electron chi connectivity index (χ4n) is 2.78. The maximum atomic E-state index is 12.3. The summed E-state index contributed by atoms with van der Waals surface area (Å²) in [6, 6.07) is 10.3. The van der Waals surface area contributed by atoms with E-state index in [1.54, 1.807) is 0 Å². The van der Waals surface area contributed by atoms with E-state index in [9.17, 15) is 4.79 Å². The molecule has 0 bridgehead atoms. The van der Waals surface area contributed by atoms with Gasteiger partial charge in [0.2, 0.25) is 5.91 Å². The van der Waals surface area contributed by atoms with Gasteiger partial charge in [0, 0.05) is 13.1 Å². The van der Waals surface area contributed by atoms with Gasteiger partial charge in [-0.05, 0) is 31.0 Å². The Bertz CT molecular complexity index is 431. The van der Waals surface area contributed by atoms with Crippen molar-refractivity contribution in [3.63, 3.8) is 0 Å². The Morgan fingerprint density at radius 3 is 2.64 bits per heavy atom. The molecule has 0 aliphatic carbocycles. The van der Waals surface area contributed by atoms with Crippen molar-refractivity contribution in [2.75, 3.05) is 32.7 Å². The van der Waals surface area contributed by atoms with E-state index in [4.69, 9.17) is 0 Å². The Hall–Kier alpha value is -1.10. The third kappa shape index (κ3) is 5.95. The van der Waals surface area contributed by atoms with Gasteiger partial charge >= 0.3 is 0 Å². The lowest BCUT2D eigenvalue weighted by molar-refractivity contribution is -0.123. The Balaban J connectivity index is 0.00000242. The molecule has 124 valence electrons. The summed E-state index contributed by atoms with van der Waals surface area (Å²) in [7, 11) is 0. The molecular formula is C17H28ClN3O. The number of halogens is 1. The maximum Gasteiger partial charge on any atom is 0.234 e. The van der Waals surface area contributed by atoms with Gasteiger partial charge in [-0.15, -0.1) is 12.4 Å². The predicted octanol–water partition coefficient (Wildman–Crippen LogP) is 2.22. The van der Waals surface area contributed by atoms with E-state index in [1.807, 2.05) is 18.2 Å². The third-order valence-corrected chi connectivity index (χ3v) is 3.94. The summed E-state index contributed by atoms with van der Waals surface area (Å²) in [6.45, 7) is 8.76. The van der Waals surface area contributed by atoms with Crippen LogP contribution in [-0.4, -0.2) is 43.5 Å². The van der Waals surface area contributed by atoms with Crippen molar-refractivity contribution in [3.05, 3.63) is 35.9 Å². The van der Waals surface area contributed by atoms with Crippen molar-refractivity contribution in [3.8, 4) is 0 Å². The summed E-state index contributed by atoms with van der Waals surface area (Å²) in [6.07, 6.45) is 1.11. The molecule has 2 N–H and O–H groups in total. The molecule has 1 aliphatic heterocycles. The second-order valence-electron chi connectivity index (χ2n) is 6.08. The minimum absolute atomic E-state index is 0. The summed E-state index contributed by atoms with van der Waals surface area (Å²) in [5.74, 6) is 0.501. The summed E-state index contributed by atoms with van der Waals surface area (Å²) in [5.41, 5.74) is 1.18. The smallest absolute Gasteiger partial charge is 0.234 e. The van der Waals surface area contributed by atoms with E-state index >= 15 is 0 Å². The molecule has 5 heteroatoms. The molecule has 1 aromatic rings. The van der Waals surface area contributed by atoms with Gasteiger partial charge in [-0.25, -0.2) is 0 Å². The van der Waals surface area contributed by atoms with Gasteiger partial charge in [-0.2, -0.15) is 0 Å². The highest BCUT2D eigenvalue weighted by atomic mass is 35.5. The first-order valence-corrected chi connectivity index (χ1v) is 7.94. The van der Waals surface area contributed by atoms with Gasteiger partial charge in [0.1, 0.15) is 0 Å². The predicted molar refractivity (Wildman–Crippen MR) is 93.3 cm³/mol. The van der Waals surface area contributed by atoms with Crippen LogP contribution in [-0.2, 0) is 4.79 Å². The number of rotatable bonds is 5. The first-order chi connectivity index (χ1) is 10.2. The maximum absolute atomic E-state index is 12.3. The average molecular weight is 326 g/mol. The zero-order valence-electron chi connectivity index (χ0n) is 13.5. The normalized spacial score (nSPS) is 17.4. The van der Waals surface area contributed by atoms with Crippen LogP contribution < -0.4 is 10.6 Å². The van der Waals surface area contributed by atoms with E-state index in [2.05, 4.69) is 41.5 Å². The van der Waals surface area contributed by atoms with Crippen LogP contribution in [0.5, 0.6) is 0 Å². The Labute approximate surface area is 140 Å². The van der Waals surface area contributed by atoms with Crippen LogP contribution in [0.2, 0.25) is 0 Å². The van der Waals surface area contributed by atoms with Crippen molar-refractivity contribution < 1.29 is 4.79 Å². The molecule has 0 spiro atoms. The molecule has 1 heterocycles. The summed E-state index contributed by atoms with van der Waals surface area (Å²) < 4.78 is 0. The van der Waals surface area contributed by atoms with E-state index in [-0.39, 0.29) is 24.4 Å². The Morgan fingerprint density at radius 1 is 1.23 bits per heavy atom. The zero-order valence-corrected chi connectivity index (χ0v) is 14.4. The van der Waals surface area contributed by atoms with Crippen molar-refractivity contribution >= 4 is 18.3 Å². The van der Waals surface area contributed by atoms with Crippen LogP contribution >= 0.6 is 12.4 Å². The van der Waals surface area contributed by atoms with E-state index < -0.39 is 0 Å². The van der Waals surface area contributed by atoms with Gasteiger partial charge < -0.3 is 10.6 Å². The van der Waals surface area contributed by atoms with Crippen LogP contribution in [0.15, 0.2) is 30.3 Å². The molecule has 1 aliphatic rings. The zero-order chi connectivity index (χ0) is 15.1. The number of hydrogen-bond acceptors (Lipinski definition) is 3. The molecule has 1 amide bonds. The molecule has 1 saturated heterocycles. The van der Waals surface area contributed by atoms with Crippen molar-refractivity contribution in [2.45, 2.75) is 26.3 Å². The molecule has 4 nitrogen and oxygen atoms in total. The lowest BCUT2D eigenvalue weighted by Gasteiger charge is -2.25. The second kappa shape index (κ2) is 9.82. The number of carbonyl (C=O) groups excluding carboxylic acids is 1.